The number of carboxylic acid groups (broad SMARTS) is 1. The fourth-order valence-corrected chi connectivity index (χ4v) is 4.21. The highest BCUT2D eigenvalue weighted by atomic mass is 32.2. The van der Waals surface area contributed by atoms with Gasteiger partial charge in [-0.1, -0.05) is 18.2 Å². The van der Waals surface area contributed by atoms with Gasteiger partial charge >= 0.3 is 5.97 Å². The second kappa shape index (κ2) is 6.43. The van der Waals surface area contributed by atoms with Crippen LogP contribution in [-0.2, 0) is 32.6 Å². The van der Waals surface area contributed by atoms with Gasteiger partial charge in [0.25, 0.3) is 0 Å². The zero-order valence-electron chi connectivity index (χ0n) is 12.6. The minimum Gasteiger partial charge on any atom is -0.481 e. The van der Waals surface area contributed by atoms with Crippen molar-refractivity contribution in [3.8, 4) is 0 Å². The molecule has 7 heteroatoms. The van der Waals surface area contributed by atoms with Gasteiger partial charge in [-0.15, -0.1) is 0 Å². The van der Waals surface area contributed by atoms with Crippen LogP contribution in [0.4, 0.5) is 0 Å². The second-order valence-electron chi connectivity index (χ2n) is 5.90. The highest BCUT2D eigenvalue weighted by molar-refractivity contribution is 7.89. The standard InChI is InChI=1S/C16H19NO5S/c18-16(19)12-2-1-3-14(8-12)17-23(20,21)15-5-4-11-6-7-22-10-13(11)9-15/h1,3-5,9,12,14,17H,2,6-8,10H2,(H,18,19)/t12-,14-/m1/s1. The SMILES string of the molecule is O=C(O)[C@@H]1CC=C[C@@H](NS(=O)(=O)c2ccc3c(c2)COCC3)C1. The molecular formula is C16H19NO5S. The molecule has 0 aromatic heterocycles. The van der Waals surface area contributed by atoms with Gasteiger partial charge in [-0.25, -0.2) is 13.1 Å². The van der Waals surface area contributed by atoms with E-state index < -0.39 is 28.0 Å². The minimum absolute atomic E-state index is 0.188. The number of allylic oxidation sites excluding steroid dienone is 1. The van der Waals surface area contributed by atoms with Gasteiger partial charge in [-0.3, -0.25) is 4.79 Å². The second-order valence-corrected chi connectivity index (χ2v) is 7.61. The average molecular weight is 337 g/mol. The topological polar surface area (TPSA) is 92.7 Å². The maximum atomic E-state index is 12.5. The van der Waals surface area contributed by atoms with Crippen molar-refractivity contribution in [1.82, 2.24) is 4.72 Å². The van der Waals surface area contributed by atoms with Crippen molar-refractivity contribution in [2.45, 2.75) is 36.8 Å². The molecule has 1 aliphatic carbocycles. The lowest BCUT2D eigenvalue weighted by molar-refractivity contribution is -0.142. The van der Waals surface area contributed by atoms with Gasteiger partial charge in [0.15, 0.2) is 0 Å². The third kappa shape index (κ3) is 3.63. The molecule has 0 saturated heterocycles. The Morgan fingerprint density at radius 3 is 2.91 bits per heavy atom. The van der Waals surface area contributed by atoms with Crippen molar-refractivity contribution in [2.24, 2.45) is 5.92 Å². The molecule has 6 nitrogen and oxygen atoms in total. The first kappa shape index (κ1) is 16.2. The largest absolute Gasteiger partial charge is 0.481 e. The Kier molecular flexibility index (Phi) is 4.52. The molecule has 2 N–H and O–H groups in total. The molecule has 2 aliphatic rings. The van der Waals surface area contributed by atoms with E-state index in [4.69, 9.17) is 9.84 Å². The van der Waals surface area contributed by atoms with E-state index in [9.17, 15) is 13.2 Å². The Bertz CT molecular complexity index is 741. The normalized spacial score (nSPS) is 24.2. The Hall–Kier alpha value is -1.70. The van der Waals surface area contributed by atoms with Crippen molar-refractivity contribution in [1.29, 1.82) is 0 Å². The van der Waals surface area contributed by atoms with Crippen molar-refractivity contribution in [2.75, 3.05) is 6.61 Å². The molecule has 0 bridgehead atoms. The first-order valence-corrected chi connectivity index (χ1v) is 9.05. The van der Waals surface area contributed by atoms with Crippen LogP contribution < -0.4 is 4.72 Å². The highest BCUT2D eigenvalue weighted by Crippen LogP contribution is 2.23. The Morgan fingerprint density at radius 2 is 2.13 bits per heavy atom. The zero-order chi connectivity index (χ0) is 16.4. The third-order valence-corrected chi connectivity index (χ3v) is 5.73. The number of hydrogen-bond donors (Lipinski definition) is 2. The number of aliphatic carboxylic acids is 1. The molecule has 1 heterocycles. The summed E-state index contributed by atoms with van der Waals surface area (Å²) in [5, 5.41) is 9.08. The number of hydrogen-bond acceptors (Lipinski definition) is 4. The van der Waals surface area contributed by atoms with E-state index in [0.29, 0.717) is 19.6 Å². The van der Waals surface area contributed by atoms with Crippen LogP contribution in [0, 0.1) is 5.92 Å². The van der Waals surface area contributed by atoms with E-state index in [0.717, 1.165) is 17.5 Å². The van der Waals surface area contributed by atoms with Crippen molar-refractivity contribution in [3.63, 3.8) is 0 Å². The smallest absolute Gasteiger partial charge is 0.306 e. The van der Waals surface area contributed by atoms with Crippen LogP contribution in [0.3, 0.4) is 0 Å². The quantitative estimate of drug-likeness (QED) is 0.812. The van der Waals surface area contributed by atoms with Gasteiger partial charge in [-0.05, 0) is 42.5 Å². The highest BCUT2D eigenvalue weighted by Gasteiger charge is 2.27. The average Bonchev–Trinajstić information content (AvgIpc) is 2.54. The monoisotopic (exact) mass is 337 g/mol. The fourth-order valence-electron chi connectivity index (χ4n) is 2.96. The van der Waals surface area contributed by atoms with E-state index in [-0.39, 0.29) is 11.3 Å². The maximum Gasteiger partial charge on any atom is 0.306 e. The predicted molar refractivity (Wildman–Crippen MR) is 83.4 cm³/mol. The van der Waals surface area contributed by atoms with E-state index in [1.54, 1.807) is 24.3 Å². The number of benzene rings is 1. The van der Waals surface area contributed by atoms with Gasteiger partial charge < -0.3 is 9.84 Å². The number of nitrogens with one attached hydrogen (secondary N) is 1. The molecular weight excluding hydrogens is 318 g/mol. The Labute approximate surface area is 135 Å². The molecule has 124 valence electrons. The lowest BCUT2D eigenvalue weighted by atomic mass is 9.92. The Balaban J connectivity index is 1.78. The number of ether oxygens (including phenoxy) is 1. The summed E-state index contributed by atoms with van der Waals surface area (Å²) in [6.45, 7) is 1.07. The van der Waals surface area contributed by atoms with Crippen LogP contribution in [-0.4, -0.2) is 32.1 Å². The van der Waals surface area contributed by atoms with Crippen LogP contribution >= 0.6 is 0 Å². The van der Waals surface area contributed by atoms with E-state index >= 15 is 0 Å². The third-order valence-electron chi connectivity index (χ3n) is 4.24. The molecule has 0 spiro atoms. The first-order valence-electron chi connectivity index (χ1n) is 7.57. The van der Waals surface area contributed by atoms with Crippen LogP contribution in [0.1, 0.15) is 24.0 Å². The Morgan fingerprint density at radius 1 is 1.30 bits per heavy atom. The summed E-state index contributed by atoms with van der Waals surface area (Å²) in [4.78, 5) is 11.3. The lowest BCUT2D eigenvalue weighted by Crippen LogP contribution is -2.37. The van der Waals surface area contributed by atoms with E-state index in [1.165, 1.54) is 0 Å². The maximum absolute atomic E-state index is 12.5. The van der Waals surface area contributed by atoms with Crippen LogP contribution in [0.2, 0.25) is 0 Å². The van der Waals surface area contributed by atoms with E-state index in [2.05, 4.69) is 4.72 Å². The molecule has 0 radical (unpaired) electrons. The van der Waals surface area contributed by atoms with E-state index in [1.807, 2.05) is 6.07 Å². The molecule has 3 rings (SSSR count). The zero-order valence-corrected chi connectivity index (χ0v) is 13.4. The molecule has 0 unspecified atom stereocenters. The van der Waals surface area contributed by atoms with Gasteiger partial charge in [0.05, 0.1) is 24.0 Å². The van der Waals surface area contributed by atoms with Gasteiger partial charge in [0.1, 0.15) is 0 Å². The molecule has 23 heavy (non-hydrogen) atoms. The first-order chi connectivity index (χ1) is 11.0. The predicted octanol–water partition coefficient (Wildman–Crippen LogP) is 1.46. The number of fused-ring (bicyclic) bond motifs is 1. The van der Waals surface area contributed by atoms with Crippen molar-refractivity contribution >= 4 is 16.0 Å². The fraction of sp³-hybridized carbons (Fsp3) is 0.438. The summed E-state index contributed by atoms with van der Waals surface area (Å²) >= 11 is 0. The van der Waals surface area contributed by atoms with Crippen LogP contribution in [0.5, 0.6) is 0 Å². The summed E-state index contributed by atoms with van der Waals surface area (Å²) in [7, 11) is -3.69. The molecule has 0 fully saturated rings. The number of carboxylic acids is 1. The summed E-state index contributed by atoms with van der Waals surface area (Å²) < 4.78 is 33.0. The van der Waals surface area contributed by atoms with Gasteiger partial charge in [0, 0.05) is 6.04 Å². The van der Waals surface area contributed by atoms with Crippen LogP contribution in [0.15, 0.2) is 35.2 Å². The summed E-state index contributed by atoms with van der Waals surface area (Å²) in [5.41, 5.74) is 2.00. The molecule has 2 atom stereocenters. The molecule has 0 amide bonds. The molecule has 1 aromatic carbocycles. The molecule has 1 aromatic rings. The number of rotatable bonds is 4. The van der Waals surface area contributed by atoms with Crippen LogP contribution in [0.25, 0.3) is 0 Å². The summed E-state index contributed by atoms with van der Waals surface area (Å²) in [6.07, 6.45) is 4.92. The number of carbonyl (C=O) groups is 1. The summed E-state index contributed by atoms with van der Waals surface area (Å²) in [6, 6.07) is 4.55. The summed E-state index contributed by atoms with van der Waals surface area (Å²) in [5.74, 6) is -1.45. The van der Waals surface area contributed by atoms with Crippen molar-refractivity contribution in [3.05, 3.63) is 41.5 Å². The number of sulfonamides is 1. The lowest BCUT2D eigenvalue weighted by Gasteiger charge is -2.23. The molecule has 1 aliphatic heterocycles. The minimum atomic E-state index is -3.69. The molecule has 0 saturated carbocycles. The van der Waals surface area contributed by atoms with Gasteiger partial charge in [-0.2, -0.15) is 0 Å². The van der Waals surface area contributed by atoms with Crippen molar-refractivity contribution < 1.29 is 23.1 Å². The van der Waals surface area contributed by atoms with Gasteiger partial charge in [0.2, 0.25) is 10.0 Å².